The molecule has 1 atom stereocenters. The van der Waals surface area contributed by atoms with Gasteiger partial charge in [0.25, 0.3) is 0 Å². The van der Waals surface area contributed by atoms with Crippen molar-refractivity contribution in [2.24, 2.45) is 0 Å². The summed E-state index contributed by atoms with van der Waals surface area (Å²) in [5.41, 5.74) is 0. The number of unbranched alkanes of at least 4 members (excludes halogenated alkanes) is 38. The van der Waals surface area contributed by atoms with E-state index in [0.717, 1.165) is 109 Å². The van der Waals surface area contributed by atoms with Crippen LogP contribution >= 0.6 is 0 Å². The van der Waals surface area contributed by atoms with Crippen LogP contribution in [-0.2, 0) is 28.6 Å². The topological polar surface area (TPSA) is 78.9 Å². The van der Waals surface area contributed by atoms with Crippen LogP contribution in [0.2, 0.25) is 0 Å². The number of allylic oxidation sites excluding steroid dienone is 14. The first kappa shape index (κ1) is 76.6. The highest BCUT2D eigenvalue weighted by Crippen LogP contribution is 2.17. The number of carbonyl (C=O) groups is 3. The Balaban J connectivity index is 4.33. The van der Waals surface area contributed by atoms with E-state index in [1.165, 1.54) is 199 Å². The van der Waals surface area contributed by atoms with Crippen molar-refractivity contribution in [1.82, 2.24) is 0 Å². The van der Waals surface area contributed by atoms with E-state index in [1.807, 2.05) is 0 Å². The number of hydrogen-bond acceptors (Lipinski definition) is 6. The Hall–Kier alpha value is -3.41. The van der Waals surface area contributed by atoms with E-state index < -0.39 is 6.10 Å². The van der Waals surface area contributed by atoms with Gasteiger partial charge in [0.15, 0.2) is 6.10 Å². The third-order valence-corrected chi connectivity index (χ3v) is 15.1. The van der Waals surface area contributed by atoms with Gasteiger partial charge in [-0.25, -0.2) is 0 Å². The van der Waals surface area contributed by atoms with E-state index in [1.54, 1.807) is 0 Å². The summed E-state index contributed by atoms with van der Waals surface area (Å²) >= 11 is 0. The van der Waals surface area contributed by atoms with Gasteiger partial charge in [-0.3, -0.25) is 14.4 Å². The van der Waals surface area contributed by atoms with Crippen molar-refractivity contribution >= 4 is 17.9 Å². The zero-order valence-corrected chi connectivity index (χ0v) is 53.1. The smallest absolute Gasteiger partial charge is 0.306 e. The van der Waals surface area contributed by atoms with Crippen molar-refractivity contribution in [2.45, 2.75) is 354 Å². The molecule has 0 N–H and O–H groups in total. The fraction of sp³-hybridized carbons (Fsp3) is 0.770. The molecule has 0 spiro atoms. The minimum absolute atomic E-state index is 0.0795. The quantitative estimate of drug-likeness (QED) is 0.0261. The average molecular weight is 1120 g/mol. The van der Waals surface area contributed by atoms with Gasteiger partial charge in [-0.2, -0.15) is 0 Å². The normalized spacial score (nSPS) is 12.6. The van der Waals surface area contributed by atoms with E-state index in [9.17, 15) is 14.4 Å². The molecule has 6 nitrogen and oxygen atoms in total. The summed E-state index contributed by atoms with van der Waals surface area (Å²) in [6.07, 6.45) is 90.2. The molecule has 0 saturated carbocycles. The molecule has 0 radical (unpaired) electrons. The lowest BCUT2D eigenvalue weighted by Gasteiger charge is -2.18. The molecule has 0 amide bonds. The van der Waals surface area contributed by atoms with Gasteiger partial charge in [0.1, 0.15) is 13.2 Å². The van der Waals surface area contributed by atoms with E-state index in [2.05, 4.69) is 106 Å². The van der Waals surface area contributed by atoms with Gasteiger partial charge in [-0.1, -0.05) is 318 Å². The van der Waals surface area contributed by atoms with Gasteiger partial charge in [0.2, 0.25) is 0 Å². The van der Waals surface area contributed by atoms with E-state index in [-0.39, 0.29) is 31.1 Å². The SMILES string of the molecule is CC/C=C\C/C=C\C/C=C\C/C=C\CCCCCCCCC(=O)OC(COC(=O)CCCCCCCCCCCCCC/C=C\C/C=C\C/C=C\CCCCCCC)COC(=O)CCCCCCCCCCCCCCCCCC. The van der Waals surface area contributed by atoms with Crippen LogP contribution in [0.4, 0.5) is 0 Å². The Morgan fingerprint density at radius 3 is 0.762 bits per heavy atom. The summed E-state index contributed by atoms with van der Waals surface area (Å²) in [7, 11) is 0. The number of hydrogen-bond donors (Lipinski definition) is 0. The molecular formula is C74H130O6. The first-order chi connectivity index (χ1) is 39.5. The Bertz CT molecular complexity index is 1520. The maximum atomic E-state index is 12.9. The van der Waals surface area contributed by atoms with Gasteiger partial charge in [0, 0.05) is 19.3 Å². The second kappa shape index (κ2) is 68.1. The minimum atomic E-state index is -0.785. The Kier molecular flexibility index (Phi) is 65.2. The van der Waals surface area contributed by atoms with Crippen molar-refractivity contribution in [3.8, 4) is 0 Å². The molecule has 0 aliphatic rings. The van der Waals surface area contributed by atoms with Gasteiger partial charge in [-0.15, -0.1) is 0 Å². The maximum absolute atomic E-state index is 12.9. The van der Waals surface area contributed by atoms with Crippen molar-refractivity contribution in [3.63, 3.8) is 0 Å². The summed E-state index contributed by atoms with van der Waals surface area (Å²) in [5, 5.41) is 0. The van der Waals surface area contributed by atoms with Crippen LogP contribution in [0.1, 0.15) is 348 Å². The number of carbonyl (C=O) groups excluding carboxylic acids is 3. The van der Waals surface area contributed by atoms with Crippen molar-refractivity contribution < 1.29 is 28.6 Å². The molecule has 0 aromatic heterocycles. The molecular weight excluding hydrogens is 985 g/mol. The van der Waals surface area contributed by atoms with Crippen molar-refractivity contribution in [1.29, 1.82) is 0 Å². The lowest BCUT2D eigenvalue weighted by atomic mass is 10.0. The largest absolute Gasteiger partial charge is 0.462 e. The molecule has 462 valence electrons. The average Bonchev–Trinajstić information content (AvgIpc) is 3.46. The first-order valence-corrected chi connectivity index (χ1v) is 34.6. The third-order valence-electron chi connectivity index (χ3n) is 15.1. The summed E-state index contributed by atoms with van der Waals surface area (Å²) in [5.74, 6) is -0.877. The fourth-order valence-electron chi connectivity index (χ4n) is 9.97. The second-order valence-corrected chi connectivity index (χ2v) is 23.1. The highest BCUT2D eigenvalue weighted by Gasteiger charge is 2.19. The van der Waals surface area contributed by atoms with Crippen LogP contribution in [0, 0.1) is 0 Å². The van der Waals surface area contributed by atoms with Crippen molar-refractivity contribution in [3.05, 3.63) is 85.1 Å². The number of ether oxygens (including phenoxy) is 3. The zero-order chi connectivity index (χ0) is 57.8. The molecule has 0 aromatic rings. The van der Waals surface area contributed by atoms with Crippen LogP contribution in [-0.4, -0.2) is 37.2 Å². The Morgan fingerprint density at radius 2 is 0.487 bits per heavy atom. The fourth-order valence-corrected chi connectivity index (χ4v) is 9.97. The first-order valence-electron chi connectivity index (χ1n) is 34.6. The highest BCUT2D eigenvalue weighted by atomic mass is 16.6. The second-order valence-electron chi connectivity index (χ2n) is 23.1. The predicted octanol–water partition coefficient (Wildman–Crippen LogP) is 23.8. The third kappa shape index (κ3) is 65.4. The molecule has 0 fully saturated rings. The summed E-state index contributed by atoms with van der Waals surface area (Å²) in [6.45, 7) is 6.55. The number of esters is 3. The van der Waals surface area contributed by atoms with Gasteiger partial charge >= 0.3 is 17.9 Å². The lowest BCUT2D eigenvalue weighted by Crippen LogP contribution is -2.30. The summed E-state index contributed by atoms with van der Waals surface area (Å²) in [6, 6.07) is 0. The Labute approximate surface area is 496 Å². The molecule has 0 aliphatic carbocycles. The van der Waals surface area contributed by atoms with E-state index >= 15 is 0 Å². The van der Waals surface area contributed by atoms with Crippen LogP contribution in [0.3, 0.4) is 0 Å². The van der Waals surface area contributed by atoms with Gasteiger partial charge < -0.3 is 14.2 Å². The van der Waals surface area contributed by atoms with E-state index in [0.29, 0.717) is 19.3 Å². The maximum Gasteiger partial charge on any atom is 0.306 e. The van der Waals surface area contributed by atoms with E-state index in [4.69, 9.17) is 14.2 Å². The standard InChI is InChI=1S/C74H130O6/c1-4-7-10-13-16-19-22-25-28-31-33-34-35-36-37-38-39-40-42-43-46-49-52-55-58-61-64-67-73(76)79-70-71(69-78-72(75)66-63-60-57-54-51-48-45-30-27-24-21-18-15-12-9-6-3)80-74(77)68-65-62-59-56-53-50-47-44-41-32-29-26-23-20-17-14-11-8-5-2/h8,11,17,20,22,25-26,29,31,33,35-36,41,44,71H,4-7,9-10,12-16,18-19,21,23-24,27-28,30,32,34,37-40,42-43,45-70H2,1-3H3/b11-8-,20-17-,25-22-,29-26-,33-31-,36-35-,44-41-. The molecule has 1 unspecified atom stereocenters. The predicted molar refractivity (Wildman–Crippen MR) is 348 cm³/mol. The summed E-state index contributed by atoms with van der Waals surface area (Å²) in [4.78, 5) is 38.4. The van der Waals surface area contributed by atoms with Crippen LogP contribution < -0.4 is 0 Å². The van der Waals surface area contributed by atoms with Gasteiger partial charge in [0.05, 0.1) is 0 Å². The van der Waals surface area contributed by atoms with Crippen LogP contribution in [0.5, 0.6) is 0 Å². The molecule has 0 heterocycles. The Morgan fingerprint density at radius 1 is 0.263 bits per heavy atom. The molecule has 0 saturated heterocycles. The summed E-state index contributed by atoms with van der Waals surface area (Å²) < 4.78 is 17.0. The zero-order valence-electron chi connectivity index (χ0n) is 53.1. The molecule has 0 aromatic carbocycles. The molecule has 0 rings (SSSR count). The minimum Gasteiger partial charge on any atom is -0.462 e. The lowest BCUT2D eigenvalue weighted by molar-refractivity contribution is -0.167. The monoisotopic (exact) mass is 1110 g/mol. The highest BCUT2D eigenvalue weighted by molar-refractivity contribution is 5.71. The molecule has 80 heavy (non-hydrogen) atoms. The van der Waals surface area contributed by atoms with Crippen molar-refractivity contribution in [2.75, 3.05) is 13.2 Å². The van der Waals surface area contributed by atoms with Crippen LogP contribution in [0.15, 0.2) is 85.1 Å². The molecule has 6 heteroatoms. The van der Waals surface area contributed by atoms with Crippen LogP contribution in [0.25, 0.3) is 0 Å². The number of rotatable bonds is 63. The van der Waals surface area contributed by atoms with Gasteiger partial charge in [-0.05, 0) is 96.3 Å². The molecule has 0 aliphatic heterocycles. The molecule has 0 bridgehead atoms.